The van der Waals surface area contributed by atoms with Crippen LogP contribution in [0, 0.1) is 13.8 Å². The van der Waals surface area contributed by atoms with Crippen LogP contribution in [-0.4, -0.2) is 17.1 Å². The number of para-hydroxylation sites is 2. The minimum atomic E-state index is 0.0520. The van der Waals surface area contributed by atoms with Crippen LogP contribution in [0.3, 0.4) is 0 Å². The molecule has 0 spiro atoms. The van der Waals surface area contributed by atoms with Crippen molar-refractivity contribution in [3.05, 3.63) is 41.3 Å². The van der Waals surface area contributed by atoms with Crippen molar-refractivity contribution < 1.29 is 9.32 Å². The molecule has 0 saturated carbocycles. The Morgan fingerprint density at radius 3 is 2.86 bits per heavy atom. The topological polar surface area (TPSA) is 58.4 Å². The molecule has 0 radical (unpaired) electrons. The molecule has 1 aromatic carbocycles. The van der Waals surface area contributed by atoms with Gasteiger partial charge in [0.25, 0.3) is 0 Å². The fourth-order valence-electron chi connectivity index (χ4n) is 2.79. The molecule has 1 aliphatic rings. The van der Waals surface area contributed by atoms with Gasteiger partial charge in [-0.3, -0.25) is 4.79 Å². The van der Waals surface area contributed by atoms with Crippen molar-refractivity contribution in [2.45, 2.75) is 39.8 Å². The number of benzene rings is 1. The summed E-state index contributed by atoms with van der Waals surface area (Å²) >= 11 is 0. The smallest absolute Gasteiger partial charge is 0.226 e. The van der Waals surface area contributed by atoms with Gasteiger partial charge in [-0.05, 0) is 32.9 Å². The van der Waals surface area contributed by atoms with Crippen LogP contribution in [0.5, 0.6) is 0 Å². The van der Waals surface area contributed by atoms with Crippen LogP contribution in [0.4, 0.5) is 11.4 Å². The van der Waals surface area contributed by atoms with Crippen LogP contribution >= 0.6 is 0 Å². The summed E-state index contributed by atoms with van der Waals surface area (Å²) in [6.07, 6.45) is 0.470. The van der Waals surface area contributed by atoms with Crippen molar-refractivity contribution in [1.82, 2.24) is 5.16 Å². The molecule has 5 heteroatoms. The Kier molecular flexibility index (Phi) is 3.41. The van der Waals surface area contributed by atoms with E-state index in [1.54, 1.807) is 0 Å². The van der Waals surface area contributed by atoms with E-state index in [4.69, 9.17) is 4.52 Å². The van der Waals surface area contributed by atoms with Gasteiger partial charge in [-0.1, -0.05) is 17.3 Å². The molecule has 3 rings (SSSR count). The summed E-state index contributed by atoms with van der Waals surface area (Å²) in [5.41, 5.74) is 3.89. The lowest BCUT2D eigenvalue weighted by molar-refractivity contribution is -0.116. The number of aromatic nitrogens is 1. The molecule has 110 valence electrons. The Morgan fingerprint density at radius 1 is 1.38 bits per heavy atom. The Hall–Kier alpha value is -2.30. The van der Waals surface area contributed by atoms with Gasteiger partial charge in [0, 0.05) is 24.6 Å². The zero-order chi connectivity index (χ0) is 15.0. The predicted molar refractivity (Wildman–Crippen MR) is 81.3 cm³/mol. The number of carbonyl (C=O) groups excluding carboxylic acids is 1. The van der Waals surface area contributed by atoms with Gasteiger partial charge < -0.3 is 14.7 Å². The highest BCUT2D eigenvalue weighted by Crippen LogP contribution is 2.33. The number of nitrogens with zero attached hydrogens (tertiary/aromatic N) is 2. The summed E-state index contributed by atoms with van der Waals surface area (Å²) in [6, 6.07) is 8.01. The van der Waals surface area contributed by atoms with E-state index in [0.717, 1.165) is 28.4 Å². The lowest BCUT2D eigenvalue weighted by Gasteiger charge is -2.29. The van der Waals surface area contributed by atoms with Crippen LogP contribution in [-0.2, 0) is 11.3 Å². The number of rotatable bonds is 2. The quantitative estimate of drug-likeness (QED) is 0.921. The van der Waals surface area contributed by atoms with E-state index >= 15 is 0 Å². The predicted octanol–water partition coefficient (Wildman–Crippen LogP) is 3.03. The van der Waals surface area contributed by atoms with Crippen LogP contribution < -0.4 is 10.2 Å². The van der Waals surface area contributed by atoms with Gasteiger partial charge in [0.2, 0.25) is 5.91 Å². The SMILES string of the molecule is Cc1noc(C)c1CN1c2ccccc2NC(=O)CC1C. The standard InChI is InChI=1S/C16H19N3O2/c1-10-8-16(20)17-14-6-4-5-7-15(14)19(10)9-13-11(2)18-21-12(13)3/h4-7,10H,8-9H2,1-3H3,(H,17,20). The Morgan fingerprint density at radius 2 is 2.14 bits per heavy atom. The van der Waals surface area contributed by atoms with Crippen molar-refractivity contribution in [3.8, 4) is 0 Å². The average molecular weight is 285 g/mol. The van der Waals surface area contributed by atoms with Gasteiger partial charge >= 0.3 is 0 Å². The average Bonchev–Trinajstić information content (AvgIpc) is 2.69. The first kappa shape index (κ1) is 13.7. The summed E-state index contributed by atoms with van der Waals surface area (Å²) in [6.45, 7) is 6.63. The van der Waals surface area contributed by atoms with Gasteiger partial charge in [-0.25, -0.2) is 0 Å². The van der Waals surface area contributed by atoms with E-state index in [-0.39, 0.29) is 11.9 Å². The lowest BCUT2D eigenvalue weighted by atomic mass is 10.1. The van der Waals surface area contributed by atoms with Crippen molar-refractivity contribution in [3.63, 3.8) is 0 Å². The molecule has 5 nitrogen and oxygen atoms in total. The molecule has 0 aliphatic carbocycles. The molecule has 1 aliphatic heterocycles. The summed E-state index contributed by atoms with van der Waals surface area (Å²) in [7, 11) is 0. The number of anilines is 2. The molecule has 1 aromatic heterocycles. The van der Waals surface area contributed by atoms with E-state index < -0.39 is 0 Å². The normalized spacial score (nSPS) is 18.1. The fraction of sp³-hybridized carbons (Fsp3) is 0.375. The van der Waals surface area contributed by atoms with Crippen molar-refractivity contribution in [2.24, 2.45) is 0 Å². The molecule has 21 heavy (non-hydrogen) atoms. The molecule has 1 atom stereocenters. The van der Waals surface area contributed by atoms with Crippen LogP contribution in [0.2, 0.25) is 0 Å². The third-order valence-corrected chi connectivity index (χ3v) is 4.01. The third kappa shape index (κ3) is 2.51. The molecule has 1 amide bonds. The van der Waals surface area contributed by atoms with Gasteiger partial charge in [0.15, 0.2) is 0 Å². The van der Waals surface area contributed by atoms with Crippen molar-refractivity contribution >= 4 is 17.3 Å². The Labute approximate surface area is 123 Å². The molecule has 1 unspecified atom stereocenters. The molecular formula is C16H19N3O2. The van der Waals surface area contributed by atoms with Crippen molar-refractivity contribution in [1.29, 1.82) is 0 Å². The van der Waals surface area contributed by atoms with Crippen LogP contribution in [0.25, 0.3) is 0 Å². The lowest BCUT2D eigenvalue weighted by Crippen LogP contribution is -2.33. The first-order chi connectivity index (χ1) is 10.1. The molecule has 0 saturated heterocycles. The molecular weight excluding hydrogens is 266 g/mol. The van der Waals surface area contributed by atoms with Gasteiger partial charge in [0.1, 0.15) is 5.76 Å². The molecule has 0 bridgehead atoms. The van der Waals surface area contributed by atoms with Gasteiger partial charge in [0.05, 0.1) is 17.1 Å². The largest absolute Gasteiger partial charge is 0.362 e. The maximum atomic E-state index is 12.0. The maximum Gasteiger partial charge on any atom is 0.226 e. The van der Waals surface area contributed by atoms with E-state index in [0.29, 0.717) is 13.0 Å². The summed E-state index contributed by atoms with van der Waals surface area (Å²) in [5, 5.41) is 6.99. The first-order valence-corrected chi connectivity index (χ1v) is 7.13. The molecule has 1 N–H and O–H groups in total. The number of aryl methyl sites for hydroxylation is 2. The summed E-state index contributed by atoms with van der Waals surface area (Å²) in [5.74, 6) is 0.886. The number of fused-ring (bicyclic) bond motifs is 1. The highest BCUT2D eigenvalue weighted by Gasteiger charge is 2.26. The maximum absolute atomic E-state index is 12.0. The highest BCUT2D eigenvalue weighted by atomic mass is 16.5. The summed E-state index contributed by atoms with van der Waals surface area (Å²) < 4.78 is 5.25. The second kappa shape index (κ2) is 5.24. The van der Waals surface area contributed by atoms with E-state index in [9.17, 15) is 4.79 Å². The fourth-order valence-corrected chi connectivity index (χ4v) is 2.79. The Balaban J connectivity index is 2.02. The summed E-state index contributed by atoms with van der Waals surface area (Å²) in [4.78, 5) is 14.2. The zero-order valence-electron chi connectivity index (χ0n) is 12.5. The number of hydrogen-bond acceptors (Lipinski definition) is 4. The van der Waals surface area contributed by atoms with Crippen LogP contribution in [0.1, 0.15) is 30.4 Å². The Bertz CT molecular complexity index is 658. The minimum Gasteiger partial charge on any atom is -0.362 e. The monoisotopic (exact) mass is 285 g/mol. The van der Waals surface area contributed by atoms with Crippen molar-refractivity contribution in [2.75, 3.05) is 10.2 Å². The number of carbonyl (C=O) groups is 1. The molecule has 0 fully saturated rings. The van der Waals surface area contributed by atoms with E-state index in [1.807, 2.05) is 38.1 Å². The van der Waals surface area contributed by atoms with E-state index in [2.05, 4.69) is 22.3 Å². The van der Waals surface area contributed by atoms with Gasteiger partial charge in [-0.15, -0.1) is 0 Å². The van der Waals surface area contributed by atoms with E-state index in [1.165, 1.54) is 0 Å². The van der Waals surface area contributed by atoms with Crippen LogP contribution in [0.15, 0.2) is 28.8 Å². The van der Waals surface area contributed by atoms with Gasteiger partial charge in [-0.2, -0.15) is 0 Å². The second-order valence-electron chi connectivity index (χ2n) is 5.55. The molecule has 2 heterocycles. The second-order valence-corrected chi connectivity index (χ2v) is 5.55. The third-order valence-electron chi connectivity index (χ3n) is 4.01. The molecule has 2 aromatic rings. The number of amides is 1. The minimum absolute atomic E-state index is 0.0520. The number of hydrogen-bond donors (Lipinski definition) is 1. The first-order valence-electron chi connectivity index (χ1n) is 7.13. The number of nitrogens with one attached hydrogen (secondary N) is 1. The zero-order valence-corrected chi connectivity index (χ0v) is 12.5. The highest BCUT2D eigenvalue weighted by molar-refractivity contribution is 5.96.